The Balaban J connectivity index is 1.36. The molecule has 2 aliphatic heterocycles. The fourth-order valence-electron chi connectivity index (χ4n) is 4.38. The van der Waals surface area contributed by atoms with Crippen LogP contribution in [0.15, 0.2) is 59.7 Å². The zero-order valence-electron chi connectivity index (χ0n) is 20.7. The Hall–Kier alpha value is -3.70. The van der Waals surface area contributed by atoms with E-state index in [2.05, 4.69) is 25.7 Å². The van der Waals surface area contributed by atoms with Crippen LogP contribution in [0.3, 0.4) is 0 Å². The average Bonchev–Trinajstić information content (AvgIpc) is 3.40. The van der Waals surface area contributed by atoms with Crippen molar-refractivity contribution in [2.24, 2.45) is 4.99 Å². The van der Waals surface area contributed by atoms with Crippen LogP contribution in [0.5, 0.6) is 0 Å². The van der Waals surface area contributed by atoms with E-state index in [0.29, 0.717) is 22.9 Å². The molecule has 1 saturated heterocycles. The number of hydrogen-bond donors (Lipinski definition) is 2. The van der Waals surface area contributed by atoms with Crippen molar-refractivity contribution in [3.63, 3.8) is 0 Å². The number of nitrogens with one attached hydrogen (secondary N) is 2. The number of hydrogen-bond acceptors (Lipinski definition) is 8. The summed E-state index contributed by atoms with van der Waals surface area (Å²) in [4.78, 5) is 17.1. The van der Waals surface area contributed by atoms with Crippen LogP contribution in [0.2, 0.25) is 0 Å². The minimum atomic E-state index is -4.45. The molecule has 3 heterocycles. The molecule has 2 aliphatic rings. The molecule has 5 rings (SSSR count). The van der Waals surface area contributed by atoms with Gasteiger partial charge in [0.1, 0.15) is 6.34 Å². The molecule has 2 aromatic carbocycles. The lowest BCUT2D eigenvalue weighted by atomic mass is 10.0. The van der Waals surface area contributed by atoms with Crippen LogP contribution < -0.4 is 20.7 Å². The Bertz CT molecular complexity index is 1250. The molecule has 0 bridgehead atoms. The highest BCUT2D eigenvalue weighted by molar-refractivity contribution is 5.80. The monoisotopic (exact) mass is 510 g/mol. The van der Waals surface area contributed by atoms with Gasteiger partial charge in [0.25, 0.3) is 0 Å². The molecule has 11 heteroatoms. The smallest absolute Gasteiger partial charge is 0.372 e. The summed E-state index contributed by atoms with van der Waals surface area (Å²) in [6.45, 7) is 1.50. The Morgan fingerprint density at radius 3 is 2.41 bits per heavy atom. The van der Waals surface area contributed by atoms with Crippen molar-refractivity contribution in [3.8, 4) is 11.3 Å². The molecular formula is C26H29F3N8. The van der Waals surface area contributed by atoms with E-state index in [9.17, 15) is 13.2 Å². The topological polar surface area (TPSA) is 71.9 Å². The summed E-state index contributed by atoms with van der Waals surface area (Å²) >= 11 is 0. The van der Waals surface area contributed by atoms with E-state index in [1.807, 2.05) is 53.2 Å². The Morgan fingerprint density at radius 1 is 0.973 bits per heavy atom. The predicted octanol–water partition coefficient (Wildman–Crippen LogP) is 5.09. The van der Waals surface area contributed by atoms with Gasteiger partial charge in [0.05, 0.1) is 16.9 Å². The van der Waals surface area contributed by atoms with Crippen molar-refractivity contribution >= 4 is 29.3 Å². The summed E-state index contributed by atoms with van der Waals surface area (Å²) in [7, 11) is 3.88. The van der Waals surface area contributed by atoms with Crippen LogP contribution in [-0.4, -0.2) is 54.7 Å². The molecule has 194 valence electrons. The summed E-state index contributed by atoms with van der Waals surface area (Å²) < 4.78 is 41.2. The quantitative estimate of drug-likeness (QED) is 0.478. The average molecular weight is 511 g/mol. The minimum Gasteiger partial charge on any atom is -0.372 e. The van der Waals surface area contributed by atoms with E-state index in [1.54, 1.807) is 24.7 Å². The van der Waals surface area contributed by atoms with Crippen molar-refractivity contribution in [1.29, 1.82) is 0 Å². The lowest BCUT2D eigenvalue weighted by molar-refractivity contribution is -0.137. The maximum absolute atomic E-state index is 13.7. The molecule has 37 heavy (non-hydrogen) atoms. The van der Waals surface area contributed by atoms with Gasteiger partial charge in [-0.2, -0.15) is 18.6 Å². The second-order valence-corrected chi connectivity index (χ2v) is 9.35. The number of rotatable bonds is 6. The summed E-state index contributed by atoms with van der Waals surface area (Å²) in [6.07, 6.45) is 1.76. The zero-order chi connectivity index (χ0) is 26.0. The minimum absolute atomic E-state index is 0.125. The van der Waals surface area contributed by atoms with Crippen molar-refractivity contribution in [3.05, 3.63) is 60.3 Å². The molecule has 0 saturated carbocycles. The van der Waals surface area contributed by atoms with E-state index in [4.69, 9.17) is 0 Å². The molecule has 2 N–H and O–H groups in total. The van der Waals surface area contributed by atoms with E-state index < -0.39 is 11.7 Å². The van der Waals surface area contributed by atoms with E-state index in [1.165, 1.54) is 6.07 Å². The zero-order valence-corrected chi connectivity index (χ0v) is 20.7. The van der Waals surface area contributed by atoms with Crippen LogP contribution in [0.25, 0.3) is 11.3 Å². The number of benzene rings is 2. The van der Waals surface area contributed by atoms with E-state index in [0.717, 1.165) is 49.8 Å². The molecule has 1 atom stereocenters. The molecule has 1 fully saturated rings. The van der Waals surface area contributed by atoms with E-state index in [-0.39, 0.29) is 6.29 Å². The van der Waals surface area contributed by atoms with Crippen molar-refractivity contribution in [1.82, 2.24) is 20.3 Å². The van der Waals surface area contributed by atoms with Gasteiger partial charge < -0.3 is 10.2 Å². The number of anilines is 4. The lowest BCUT2D eigenvalue weighted by Gasteiger charge is -2.29. The van der Waals surface area contributed by atoms with Gasteiger partial charge in [-0.3, -0.25) is 9.91 Å². The summed E-state index contributed by atoms with van der Waals surface area (Å²) in [5, 5.41) is 4.98. The number of aliphatic imine (C=N–C) groups is 1. The molecule has 0 amide bonds. The first-order valence-electron chi connectivity index (χ1n) is 12.2. The lowest BCUT2D eigenvalue weighted by Crippen LogP contribution is -2.44. The van der Waals surface area contributed by atoms with Crippen LogP contribution >= 0.6 is 0 Å². The Morgan fingerprint density at radius 2 is 1.73 bits per heavy atom. The summed E-state index contributed by atoms with van der Waals surface area (Å²) in [6, 6.07) is 13.4. The van der Waals surface area contributed by atoms with Gasteiger partial charge in [-0.15, -0.1) is 0 Å². The Kier molecular flexibility index (Phi) is 6.98. The van der Waals surface area contributed by atoms with Crippen LogP contribution in [0.4, 0.5) is 36.2 Å². The normalized spacial score (nSPS) is 18.1. The fraction of sp³-hybridized carbons (Fsp3) is 0.346. The van der Waals surface area contributed by atoms with Gasteiger partial charge >= 0.3 is 6.18 Å². The van der Waals surface area contributed by atoms with Crippen LogP contribution in [0.1, 0.15) is 24.8 Å². The molecule has 0 radical (unpaired) electrons. The first-order valence-corrected chi connectivity index (χ1v) is 12.2. The van der Waals surface area contributed by atoms with Crippen molar-refractivity contribution < 1.29 is 13.2 Å². The van der Waals surface area contributed by atoms with Crippen LogP contribution in [-0.2, 0) is 6.18 Å². The van der Waals surface area contributed by atoms with Gasteiger partial charge in [0, 0.05) is 36.2 Å². The second-order valence-electron chi connectivity index (χ2n) is 9.35. The molecular weight excluding hydrogens is 481 g/mol. The third-order valence-electron chi connectivity index (χ3n) is 6.39. The maximum atomic E-state index is 13.7. The highest BCUT2D eigenvalue weighted by Crippen LogP contribution is 2.36. The highest BCUT2D eigenvalue weighted by Gasteiger charge is 2.32. The molecule has 1 unspecified atom stereocenters. The van der Waals surface area contributed by atoms with Crippen molar-refractivity contribution in [2.75, 3.05) is 42.4 Å². The first kappa shape index (κ1) is 25.0. The number of halogens is 3. The number of aromatic nitrogens is 2. The molecule has 8 nitrogen and oxygen atoms in total. The molecule has 0 aliphatic carbocycles. The van der Waals surface area contributed by atoms with Gasteiger partial charge in [-0.05, 0) is 81.9 Å². The third-order valence-corrected chi connectivity index (χ3v) is 6.39. The maximum Gasteiger partial charge on any atom is 0.416 e. The van der Waals surface area contributed by atoms with Gasteiger partial charge in [-0.1, -0.05) is 0 Å². The number of alkyl halides is 3. The van der Waals surface area contributed by atoms with Crippen LogP contribution in [0, 0.1) is 0 Å². The Labute approximate surface area is 213 Å². The van der Waals surface area contributed by atoms with E-state index >= 15 is 0 Å². The molecule has 3 aromatic rings. The SMILES string of the molecule is CN(C)C1N=CN(c2ccc(Nc3nccc(-c4cc(N5CCCCC5)cc(C(F)(F)F)c4)n3)cc2)N1. The summed E-state index contributed by atoms with van der Waals surface area (Å²) in [5.74, 6) is 0.302. The molecule has 0 spiro atoms. The molecule has 1 aromatic heterocycles. The summed E-state index contributed by atoms with van der Waals surface area (Å²) in [5.41, 5.74) is 5.63. The number of nitrogens with zero attached hydrogens (tertiary/aromatic N) is 6. The van der Waals surface area contributed by atoms with Gasteiger partial charge in [0.2, 0.25) is 5.95 Å². The third kappa shape index (κ3) is 5.83. The van der Waals surface area contributed by atoms with Gasteiger partial charge in [0.15, 0.2) is 6.29 Å². The fourth-order valence-corrected chi connectivity index (χ4v) is 4.38. The number of piperidine rings is 1. The predicted molar refractivity (Wildman–Crippen MR) is 140 cm³/mol. The highest BCUT2D eigenvalue weighted by atomic mass is 19.4. The second kappa shape index (κ2) is 10.3. The first-order chi connectivity index (χ1) is 17.8. The number of hydrazine groups is 1. The largest absolute Gasteiger partial charge is 0.416 e. The standard InChI is InChI=1S/C26H29F3N8/c1-35(2)25-31-17-37(34-25)21-8-6-20(7-9-21)32-24-30-11-10-23(33-24)18-14-19(26(27,28)29)16-22(15-18)36-12-4-3-5-13-36/h6-11,14-17,25,34H,3-5,12-13H2,1-2H3,(H,30,32,33). The van der Waals surface area contributed by atoms with Crippen molar-refractivity contribution in [2.45, 2.75) is 31.7 Å². The van der Waals surface area contributed by atoms with Gasteiger partial charge in [-0.25, -0.2) is 15.0 Å².